The van der Waals surface area contributed by atoms with Crippen molar-refractivity contribution in [1.82, 2.24) is 9.62 Å². The molecule has 1 fully saturated rings. The number of carbonyl (C=O) groups is 1. The maximum absolute atomic E-state index is 13.8. The van der Waals surface area contributed by atoms with E-state index in [1.807, 2.05) is 31.2 Å². The predicted octanol–water partition coefficient (Wildman–Crippen LogP) is 3.52. The highest BCUT2D eigenvalue weighted by Gasteiger charge is 2.31. The fourth-order valence-corrected chi connectivity index (χ4v) is 5.52. The van der Waals surface area contributed by atoms with Crippen molar-refractivity contribution in [2.45, 2.75) is 38.4 Å². The van der Waals surface area contributed by atoms with Crippen LogP contribution in [0.15, 0.2) is 48.5 Å². The van der Waals surface area contributed by atoms with Gasteiger partial charge in [0, 0.05) is 31.1 Å². The summed E-state index contributed by atoms with van der Waals surface area (Å²) in [6, 6.07) is 13.8. The molecular formula is C24H31FN2O4S. The summed E-state index contributed by atoms with van der Waals surface area (Å²) in [5, 5.41) is 2.98. The van der Waals surface area contributed by atoms with Crippen LogP contribution in [-0.4, -0.2) is 44.9 Å². The van der Waals surface area contributed by atoms with Crippen molar-refractivity contribution in [2.75, 3.05) is 26.2 Å². The lowest BCUT2D eigenvalue weighted by Gasteiger charge is -2.30. The molecule has 32 heavy (non-hydrogen) atoms. The third-order valence-electron chi connectivity index (χ3n) is 5.71. The van der Waals surface area contributed by atoms with Gasteiger partial charge < -0.3 is 10.1 Å². The predicted molar refractivity (Wildman–Crippen MR) is 122 cm³/mol. The first-order valence-corrected chi connectivity index (χ1v) is 12.7. The number of nitrogens with one attached hydrogen (secondary N) is 1. The number of piperidine rings is 1. The molecule has 3 rings (SSSR count). The molecule has 0 bridgehead atoms. The average molecular weight is 463 g/mol. The molecular weight excluding hydrogens is 431 g/mol. The zero-order chi connectivity index (χ0) is 23.0. The average Bonchev–Trinajstić information content (AvgIpc) is 2.79. The Kier molecular flexibility index (Phi) is 8.64. The number of hydrogen-bond donors (Lipinski definition) is 1. The van der Waals surface area contributed by atoms with Crippen molar-refractivity contribution in [3.8, 4) is 5.75 Å². The van der Waals surface area contributed by atoms with Gasteiger partial charge in [-0.3, -0.25) is 4.79 Å². The van der Waals surface area contributed by atoms with Crippen LogP contribution in [-0.2, 0) is 27.0 Å². The standard InChI is InChI=1S/C24H31FN2O4S/c1-2-31-23-12-6-4-8-19(23)10-7-15-26-24(28)20-13-16-27(17-14-20)32(29,30)18-21-9-3-5-11-22(21)25/h3-6,8-9,11-12,20H,2,7,10,13-18H2,1H3,(H,26,28). The van der Waals surface area contributed by atoms with Gasteiger partial charge in [0.1, 0.15) is 11.6 Å². The van der Waals surface area contributed by atoms with Gasteiger partial charge >= 0.3 is 0 Å². The van der Waals surface area contributed by atoms with E-state index in [0.29, 0.717) is 26.0 Å². The Balaban J connectivity index is 1.42. The molecule has 6 nitrogen and oxygen atoms in total. The molecule has 0 saturated carbocycles. The molecule has 174 valence electrons. The van der Waals surface area contributed by atoms with E-state index in [1.54, 1.807) is 6.07 Å². The van der Waals surface area contributed by atoms with Gasteiger partial charge in [0.25, 0.3) is 0 Å². The Hall–Kier alpha value is -2.45. The fourth-order valence-electron chi connectivity index (χ4n) is 3.94. The summed E-state index contributed by atoms with van der Waals surface area (Å²) in [5.74, 6) is -0.237. The Bertz CT molecular complexity index is 1000. The summed E-state index contributed by atoms with van der Waals surface area (Å²) in [6.07, 6.45) is 2.54. The molecule has 1 saturated heterocycles. The monoisotopic (exact) mass is 462 g/mol. The van der Waals surface area contributed by atoms with Gasteiger partial charge in [-0.25, -0.2) is 17.1 Å². The Labute approximate surface area is 189 Å². The highest BCUT2D eigenvalue weighted by Crippen LogP contribution is 2.23. The highest BCUT2D eigenvalue weighted by molar-refractivity contribution is 7.88. The van der Waals surface area contributed by atoms with Crippen LogP contribution in [0.25, 0.3) is 0 Å². The summed E-state index contributed by atoms with van der Waals surface area (Å²) in [7, 11) is -3.62. The van der Waals surface area contributed by atoms with Crippen LogP contribution in [0.4, 0.5) is 4.39 Å². The minimum absolute atomic E-state index is 0.0331. The van der Waals surface area contributed by atoms with Crippen LogP contribution in [0.1, 0.15) is 37.3 Å². The second-order valence-electron chi connectivity index (χ2n) is 7.96. The first kappa shape index (κ1) is 24.2. The summed E-state index contributed by atoms with van der Waals surface area (Å²) >= 11 is 0. The molecule has 0 spiro atoms. The number of carbonyl (C=O) groups excluding carboxylic acids is 1. The lowest BCUT2D eigenvalue weighted by atomic mass is 9.97. The largest absolute Gasteiger partial charge is 0.494 e. The van der Waals surface area contributed by atoms with Crippen molar-refractivity contribution in [1.29, 1.82) is 0 Å². The third kappa shape index (κ3) is 6.53. The van der Waals surface area contributed by atoms with E-state index in [2.05, 4.69) is 5.32 Å². The highest BCUT2D eigenvalue weighted by atomic mass is 32.2. The maximum atomic E-state index is 13.8. The second kappa shape index (κ2) is 11.4. The summed E-state index contributed by atoms with van der Waals surface area (Å²) in [6.45, 7) is 3.67. The number of ether oxygens (including phenoxy) is 1. The number of hydrogen-bond acceptors (Lipinski definition) is 4. The fraction of sp³-hybridized carbons (Fsp3) is 0.458. The van der Waals surface area contributed by atoms with Crippen LogP contribution in [0.2, 0.25) is 0 Å². The minimum Gasteiger partial charge on any atom is -0.494 e. The summed E-state index contributed by atoms with van der Waals surface area (Å²) < 4.78 is 46.1. The number of sulfonamides is 1. The number of halogens is 1. The normalized spacial score (nSPS) is 15.4. The van der Waals surface area contributed by atoms with Gasteiger partial charge in [-0.1, -0.05) is 36.4 Å². The molecule has 0 aromatic heterocycles. The Morgan fingerprint density at radius 1 is 1.09 bits per heavy atom. The molecule has 8 heteroatoms. The van der Waals surface area contributed by atoms with E-state index >= 15 is 0 Å². The van der Waals surface area contributed by atoms with E-state index < -0.39 is 15.8 Å². The zero-order valence-corrected chi connectivity index (χ0v) is 19.2. The van der Waals surface area contributed by atoms with Crippen LogP contribution >= 0.6 is 0 Å². The van der Waals surface area contributed by atoms with E-state index in [-0.39, 0.29) is 36.2 Å². The van der Waals surface area contributed by atoms with Gasteiger partial charge in [-0.05, 0) is 50.3 Å². The molecule has 2 aromatic carbocycles. The molecule has 1 amide bonds. The van der Waals surface area contributed by atoms with E-state index in [4.69, 9.17) is 4.74 Å². The lowest BCUT2D eigenvalue weighted by molar-refractivity contribution is -0.126. The smallest absolute Gasteiger partial charge is 0.223 e. The second-order valence-corrected chi connectivity index (χ2v) is 9.93. The van der Waals surface area contributed by atoms with Gasteiger partial charge in [-0.15, -0.1) is 0 Å². The molecule has 1 N–H and O–H groups in total. The van der Waals surface area contributed by atoms with Crippen molar-refractivity contribution in [3.05, 3.63) is 65.5 Å². The van der Waals surface area contributed by atoms with Crippen LogP contribution < -0.4 is 10.1 Å². The van der Waals surface area contributed by atoms with Gasteiger partial charge in [0.15, 0.2) is 0 Å². The van der Waals surface area contributed by atoms with Crippen molar-refractivity contribution in [3.63, 3.8) is 0 Å². The van der Waals surface area contributed by atoms with Crippen molar-refractivity contribution in [2.24, 2.45) is 5.92 Å². The summed E-state index contributed by atoms with van der Waals surface area (Å²) in [5.41, 5.74) is 1.29. The van der Waals surface area contributed by atoms with Gasteiger partial charge in [-0.2, -0.15) is 0 Å². The lowest BCUT2D eigenvalue weighted by Crippen LogP contribution is -2.43. The number of aryl methyl sites for hydroxylation is 1. The van der Waals surface area contributed by atoms with E-state index in [9.17, 15) is 17.6 Å². The number of para-hydroxylation sites is 1. The molecule has 0 unspecified atom stereocenters. The molecule has 0 radical (unpaired) electrons. The zero-order valence-electron chi connectivity index (χ0n) is 18.4. The third-order valence-corrected chi connectivity index (χ3v) is 7.54. The SMILES string of the molecule is CCOc1ccccc1CCCNC(=O)C1CCN(S(=O)(=O)Cc2ccccc2F)CC1. The van der Waals surface area contributed by atoms with Crippen LogP contribution in [0.3, 0.4) is 0 Å². The van der Waals surface area contributed by atoms with Crippen molar-refractivity contribution >= 4 is 15.9 Å². The number of benzene rings is 2. The van der Waals surface area contributed by atoms with E-state index in [0.717, 1.165) is 24.2 Å². The molecule has 0 aliphatic carbocycles. The molecule has 2 aromatic rings. The van der Waals surface area contributed by atoms with Crippen LogP contribution in [0.5, 0.6) is 5.75 Å². The number of rotatable bonds is 10. The topological polar surface area (TPSA) is 75.7 Å². The van der Waals surface area contributed by atoms with E-state index in [1.165, 1.54) is 22.5 Å². The van der Waals surface area contributed by atoms with Gasteiger partial charge in [0.05, 0.1) is 12.4 Å². The molecule has 1 heterocycles. The quantitative estimate of drug-likeness (QED) is 0.548. The Morgan fingerprint density at radius 2 is 1.75 bits per heavy atom. The van der Waals surface area contributed by atoms with Crippen molar-refractivity contribution < 1.29 is 22.3 Å². The number of nitrogens with zero attached hydrogens (tertiary/aromatic N) is 1. The summed E-state index contributed by atoms with van der Waals surface area (Å²) in [4.78, 5) is 12.5. The molecule has 0 atom stereocenters. The Morgan fingerprint density at radius 3 is 2.44 bits per heavy atom. The number of amides is 1. The molecule has 1 aliphatic heterocycles. The van der Waals surface area contributed by atoms with Crippen LogP contribution in [0, 0.1) is 11.7 Å². The molecule has 1 aliphatic rings. The first-order valence-electron chi connectivity index (χ1n) is 11.1. The maximum Gasteiger partial charge on any atom is 0.223 e. The van der Waals surface area contributed by atoms with Gasteiger partial charge in [0.2, 0.25) is 15.9 Å². The first-order chi connectivity index (χ1) is 15.4. The minimum atomic E-state index is -3.62.